The van der Waals surface area contributed by atoms with Gasteiger partial charge in [0.15, 0.2) is 0 Å². The average molecular weight is 402 g/mol. The maximum absolute atomic E-state index is 6.24. The molecule has 0 aliphatic carbocycles. The van der Waals surface area contributed by atoms with Gasteiger partial charge < -0.3 is 0 Å². The van der Waals surface area contributed by atoms with Crippen molar-refractivity contribution in [2.75, 3.05) is 5.01 Å². The van der Waals surface area contributed by atoms with Crippen LogP contribution in [0.3, 0.4) is 0 Å². The van der Waals surface area contributed by atoms with Crippen LogP contribution in [0.1, 0.15) is 23.6 Å². The van der Waals surface area contributed by atoms with Crippen LogP contribution in [-0.4, -0.2) is 5.71 Å². The fourth-order valence-corrected chi connectivity index (χ4v) is 3.55. The first kappa shape index (κ1) is 17.4. The SMILES string of the molecule is Clc1ccc(C2=NN(c3ccc(Cl)c(Cl)c3)[C@H](c3ccccc3)C2)cc1. The number of halogens is 3. The maximum atomic E-state index is 6.24. The Hall–Kier alpha value is -2.00. The summed E-state index contributed by atoms with van der Waals surface area (Å²) in [6, 6.07) is 23.8. The summed E-state index contributed by atoms with van der Waals surface area (Å²) in [7, 11) is 0. The van der Waals surface area contributed by atoms with Gasteiger partial charge >= 0.3 is 0 Å². The molecule has 130 valence electrons. The molecule has 26 heavy (non-hydrogen) atoms. The lowest BCUT2D eigenvalue weighted by Gasteiger charge is -2.24. The first-order valence-corrected chi connectivity index (χ1v) is 9.38. The molecule has 3 aromatic carbocycles. The van der Waals surface area contributed by atoms with Crippen LogP contribution in [0.4, 0.5) is 5.69 Å². The van der Waals surface area contributed by atoms with Crippen molar-refractivity contribution < 1.29 is 0 Å². The third-order valence-corrected chi connectivity index (χ3v) is 5.43. The van der Waals surface area contributed by atoms with E-state index in [-0.39, 0.29) is 6.04 Å². The van der Waals surface area contributed by atoms with E-state index in [0.717, 1.165) is 23.4 Å². The topological polar surface area (TPSA) is 15.6 Å². The summed E-state index contributed by atoms with van der Waals surface area (Å²) in [5.41, 5.74) is 4.20. The highest BCUT2D eigenvalue weighted by Crippen LogP contribution is 2.38. The van der Waals surface area contributed by atoms with Crippen molar-refractivity contribution in [1.29, 1.82) is 0 Å². The molecule has 0 spiro atoms. The fraction of sp³-hybridized carbons (Fsp3) is 0.0952. The van der Waals surface area contributed by atoms with Crippen LogP contribution in [0.15, 0.2) is 77.9 Å². The lowest BCUT2D eigenvalue weighted by molar-refractivity contribution is 0.709. The van der Waals surface area contributed by atoms with Gasteiger partial charge in [-0.25, -0.2) is 0 Å². The second kappa shape index (κ2) is 7.32. The van der Waals surface area contributed by atoms with Crippen LogP contribution in [0.2, 0.25) is 15.1 Å². The van der Waals surface area contributed by atoms with Crippen molar-refractivity contribution in [2.24, 2.45) is 5.10 Å². The first-order valence-electron chi connectivity index (χ1n) is 8.24. The van der Waals surface area contributed by atoms with Gasteiger partial charge in [-0.05, 0) is 41.5 Å². The Balaban J connectivity index is 1.76. The smallest absolute Gasteiger partial charge is 0.0831 e. The molecule has 0 radical (unpaired) electrons. The summed E-state index contributed by atoms with van der Waals surface area (Å²) < 4.78 is 0. The summed E-state index contributed by atoms with van der Waals surface area (Å²) in [6.45, 7) is 0. The third kappa shape index (κ3) is 3.45. The minimum Gasteiger partial charge on any atom is -0.257 e. The minimum atomic E-state index is 0.0964. The molecule has 0 fully saturated rings. The maximum Gasteiger partial charge on any atom is 0.0831 e. The lowest BCUT2D eigenvalue weighted by Crippen LogP contribution is -2.18. The Morgan fingerprint density at radius 2 is 1.54 bits per heavy atom. The van der Waals surface area contributed by atoms with Crippen LogP contribution in [0.5, 0.6) is 0 Å². The highest BCUT2D eigenvalue weighted by Gasteiger charge is 2.30. The molecular weight excluding hydrogens is 387 g/mol. The molecule has 4 rings (SSSR count). The number of rotatable bonds is 3. The van der Waals surface area contributed by atoms with E-state index in [1.165, 1.54) is 5.56 Å². The Morgan fingerprint density at radius 3 is 2.23 bits per heavy atom. The standard InChI is InChI=1S/C21H15Cl3N2/c22-16-8-6-14(7-9-16)20-13-21(15-4-2-1-3-5-15)26(25-20)17-10-11-18(23)19(24)12-17/h1-12,21H,13H2/t21-/m0/s1. The molecule has 0 saturated heterocycles. The summed E-state index contributed by atoms with van der Waals surface area (Å²) in [5.74, 6) is 0. The molecule has 3 aromatic rings. The minimum absolute atomic E-state index is 0.0964. The number of anilines is 1. The molecule has 0 saturated carbocycles. The van der Waals surface area contributed by atoms with Crippen molar-refractivity contribution in [3.05, 3.63) is 99.0 Å². The molecule has 5 heteroatoms. The molecule has 1 heterocycles. The largest absolute Gasteiger partial charge is 0.257 e. The molecule has 0 N–H and O–H groups in total. The van der Waals surface area contributed by atoms with Crippen molar-refractivity contribution in [3.8, 4) is 0 Å². The van der Waals surface area contributed by atoms with E-state index in [1.54, 1.807) is 6.07 Å². The molecule has 0 amide bonds. The molecule has 0 unspecified atom stereocenters. The molecule has 2 nitrogen and oxygen atoms in total. The predicted octanol–water partition coefficient (Wildman–Crippen LogP) is 7.00. The second-order valence-electron chi connectivity index (χ2n) is 6.13. The lowest BCUT2D eigenvalue weighted by atomic mass is 9.98. The number of nitrogens with zero attached hydrogens (tertiary/aromatic N) is 2. The number of hydrogen-bond acceptors (Lipinski definition) is 2. The zero-order valence-electron chi connectivity index (χ0n) is 13.7. The van der Waals surface area contributed by atoms with Gasteiger partial charge in [-0.15, -0.1) is 0 Å². The second-order valence-corrected chi connectivity index (χ2v) is 7.38. The molecular formula is C21H15Cl3N2. The van der Waals surface area contributed by atoms with Gasteiger partial charge in [0, 0.05) is 11.4 Å². The highest BCUT2D eigenvalue weighted by molar-refractivity contribution is 6.42. The quantitative estimate of drug-likeness (QED) is 0.461. The molecule has 0 bridgehead atoms. The average Bonchev–Trinajstić information content (AvgIpc) is 3.11. The fourth-order valence-electron chi connectivity index (χ4n) is 3.13. The number of hydrogen-bond donors (Lipinski definition) is 0. The molecule has 1 atom stereocenters. The van der Waals surface area contributed by atoms with Gasteiger partial charge in [0.2, 0.25) is 0 Å². The molecule has 1 aliphatic rings. The number of hydrazone groups is 1. The van der Waals surface area contributed by atoms with Crippen LogP contribution >= 0.6 is 34.8 Å². The van der Waals surface area contributed by atoms with Gasteiger partial charge in [-0.1, -0.05) is 77.3 Å². The Morgan fingerprint density at radius 1 is 0.808 bits per heavy atom. The van der Waals surface area contributed by atoms with E-state index in [4.69, 9.17) is 39.9 Å². The van der Waals surface area contributed by atoms with Gasteiger partial charge in [-0.3, -0.25) is 5.01 Å². The van der Waals surface area contributed by atoms with Crippen LogP contribution in [0, 0.1) is 0 Å². The molecule has 1 aliphatic heterocycles. The monoisotopic (exact) mass is 400 g/mol. The van der Waals surface area contributed by atoms with Crippen molar-refractivity contribution in [3.63, 3.8) is 0 Å². The summed E-state index contributed by atoms with van der Waals surface area (Å²) in [5, 5.41) is 8.68. The van der Waals surface area contributed by atoms with E-state index < -0.39 is 0 Å². The Bertz CT molecular complexity index is 953. The van der Waals surface area contributed by atoms with Crippen molar-refractivity contribution >= 4 is 46.2 Å². The van der Waals surface area contributed by atoms with Gasteiger partial charge in [0.25, 0.3) is 0 Å². The van der Waals surface area contributed by atoms with Gasteiger partial charge in [0.1, 0.15) is 0 Å². The van der Waals surface area contributed by atoms with Crippen LogP contribution in [-0.2, 0) is 0 Å². The normalized spacial score (nSPS) is 16.7. The van der Waals surface area contributed by atoms with E-state index in [1.807, 2.05) is 59.6 Å². The third-order valence-electron chi connectivity index (χ3n) is 4.44. The predicted molar refractivity (Wildman–Crippen MR) is 111 cm³/mol. The summed E-state index contributed by atoms with van der Waals surface area (Å²) in [4.78, 5) is 0. The van der Waals surface area contributed by atoms with Crippen molar-refractivity contribution in [1.82, 2.24) is 0 Å². The van der Waals surface area contributed by atoms with Crippen molar-refractivity contribution in [2.45, 2.75) is 12.5 Å². The van der Waals surface area contributed by atoms with E-state index in [9.17, 15) is 0 Å². The number of benzene rings is 3. The van der Waals surface area contributed by atoms with Gasteiger partial charge in [-0.2, -0.15) is 5.10 Å². The molecule has 0 aromatic heterocycles. The highest BCUT2D eigenvalue weighted by atomic mass is 35.5. The van der Waals surface area contributed by atoms with Crippen LogP contribution in [0.25, 0.3) is 0 Å². The zero-order valence-corrected chi connectivity index (χ0v) is 16.0. The Kier molecular flexibility index (Phi) is 4.90. The van der Waals surface area contributed by atoms with E-state index in [2.05, 4.69) is 12.1 Å². The van der Waals surface area contributed by atoms with Crippen LogP contribution < -0.4 is 5.01 Å². The van der Waals surface area contributed by atoms with E-state index in [0.29, 0.717) is 15.1 Å². The zero-order chi connectivity index (χ0) is 18.1. The summed E-state index contributed by atoms with van der Waals surface area (Å²) >= 11 is 18.3. The van der Waals surface area contributed by atoms with Gasteiger partial charge in [0.05, 0.1) is 27.5 Å². The first-order chi connectivity index (χ1) is 12.6. The Labute approximate surface area is 167 Å². The van der Waals surface area contributed by atoms with E-state index >= 15 is 0 Å². The summed E-state index contributed by atoms with van der Waals surface area (Å²) in [6.07, 6.45) is 0.798.